The van der Waals surface area contributed by atoms with Crippen LogP contribution in [0.1, 0.15) is 0 Å². The molecule has 0 amide bonds. The van der Waals surface area contributed by atoms with Crippen molar-refractivity contribution in [2.24, 2.45) is 0 Å². The van der Waals surface area contributed by atoms with E-state index in [-0.39, 0.29) is 5.75 Å². The summed E-state index contributed by atoms with van der Waals surface area (Å²) in [6.07, 6.45) is 0. The molecule has 1 aromatic heterocycles. The van der Waals surface area contributed by atoms with E-state index in [0.717, 1.165) is 0 Å². The Kier molecular flexibility index (Phi) is 2.34. The van der Waals surface area contributed by atoms with Crippen LogP contribution in [-0.4, -0.2) is 30.9 Å². The number of rotatable bonds is 2. The quantitative estimate of drug-likeness (QED) is 0.825. The van der Waals surface area contributed by atoms with Gasteiger partial charge in [-0.2, -0.15) is 0 Å². The van der Waals surface area contributed by atoms with Gasteiger partial charge < -0.3 is 15.5 Å². The van der Waals surface area contributed by atoms with Crippen LogP contribution in [-0.2, 0) is 0 Å². The van der Waals surface area contributed by atoms with Gasteiger partial charge in [-0.25, -0.2) is 14.1 Å². The average molecular weight is 224 g/mol. The smallest absolute Gasteiger partial charge is 0.220 e. The van der Waals surface area contributed by atoms with E-state index < -0.39 is 5.82 Å². The van der Waals surface area contributed by atoms with Gasteiger partial charge in [0.25, 0.3) is 0 Å². The lowest BCUT2D eigenvalue weighted by Gasteiger charge is -2.16. The number of nitrogens with two attached hydrogens (primary N) is 1. The Balaban J connectivity index is 2.77. The van der Waals surface area contributed by atoms with Gasteiger partial charge in [-0.05, 0) is 0 Å². The maximum absolute atomic E-state index is 13.4. The zero-order valence-electron chi connectivity index (χ0n) is 9.36. The number of imidazole rings is 1. The Bertz CT molecular complexity index is 535. The normalized spacial score (nSPS) is 10.8. The first kappa shape index (κ1) is 10.5. The van der Waals surface area contributed by atoms with E-state index in [1.165, 1.54) is 13.2 Å². The van der Waals surface area contributed by atoms with Crippen LogP contribution in [0.3, 0.4) is 0 Å². The lowest BCUT2D eigenvalue weighted by molar-refractivity contribution is 0.387. The molecular weight excluding hydrogens is 211 g/mol. The minimum absolute atomic E-state index is 0.176. The minimum atomic E-state index is -0.446. The number of anilines is 1. The lowest BCUT2D eigenvalue weighted by Crippen LogP contribution is -2.26. The molecule has 0 aliphatic heterocycles. The van der Waals surface area contributed by atoms with Crippen molar-refractivity contribution in [1.82, 2.24) is 9.66 Å². The Morgan fingerprint density at radius 2 is 2.12 bits per heavy atom. The molecule has 0 aliphatic rings. The van der Waals surface area contributed by atoms with E-state index in [1.54, 1.807) is 15.8 Å². The van der Waals surface area contributed by atoms with Crippen LogP contribution in [0.15, 0.2) is 12.1 Å². The number of hydrogen-bond acceptors (Lipinski definition) is 4. The number of hydrogen-bond donors (Lipinski definition) is 1. The van der Waals surface area contributed by atoms with Crippen molar-refractivity contribution in [1.29, 1.82) is 0 Å². The summed E-state index contributed by atoms with van der Waals surface area (Å²) in [7, 11) is 5.07. The van der Waals surface area contributed by atoms with Crippen LogP contribution in [0.2, 0.25) is 0 Å². The molecule has 0 fully saturated rings. The number of ether oxygens (including phenoxy) is 1. The monoisotopic (exact) mass is 224 g/mol. The van der Waals surface area contributed by atoms with Crippen LogP contribution < -0.4 is 15.5 Å². The Morgan fingerprint density at radius 3 is 2.69 bits per heavy atom. The molecule has 0 saturated heterocycles. The summed E-state index contributed by atoms with van der Waals surface area (Å²) < 4.78 is 20.0. The molecule has 0 radical (unpaired) electrons. The number of benzene rings is 1. The van der Waals surface area contributed by atoms with Crippen LogP contribution >= 0.6 is 0 Å². The Hall–Kier alpha value is -1.98. The molecule has 0 bridgehead atoms. The largest absolute Gasteiger partial charge is 0.494 e. The van der Waals surface area contributed by atoms with Crippen molar-refractivity contribution in [3.63, 3.8) is 0 Å². The second-order valence-electron chi connectivity index (χ2n) is 3.60. The summed E-state index contributed by atoms with van der Waals surface area (Å²) in [5.74, 6) is 0.0431. The van der Waals surface area contributed by atoms with Crippen LogP contribution in [0.25, 0.3) is 11.0 Å². The molecular formula is C10H13FN4O. The van der Waals surface area contributed by atoms with Gasteiger partial charge in [0.05, 0.1) is 18.1 Å². The molecule has 16 heavy (non-hydrogen) atoms. The van der Waals surface area contributed by atoms with Gasteiger partial charge in [-0.1, -0.05) is 0 Å². The molecule has 2 aromatic rings. The molecule has 0 atom stereocenters. The molecule has 0 unspecified atom stereocenters. The molecule has 5 nitrogen and oxygen atoms in total. The van der Waals surface area contributed by atoms with Crippen LogP contribution in [0, 0.1) is 5.82 Å². The maximum atomic E-state index is 13.4. The number of nitrogens with zero attached hydrogens (tertiary/aromatic N) is 3. The second-order valence-corrected chi connectivity index (χ2v) is 3.60. The van der Waals surface area contributed by atoms with E-state index in [2.05, 4.69) is 4.98 Å². The van der Waals surface area contributed by atoms with Crippen molar-refractivity contribution in [3.8, 4) is 5.75 Å². The first-order valence-electron chi connectivity index (χ1n) is 4.73. The average Bonchev–Trinajstić information content (AvgIpc) is 2.51. The summed E-state index contributed by atoms with van der Waals surface area (Å²) in [6.45, 7) is 0. The van der Waals surface area contributed by atoms with E-state index in [4.69, 9.17) is 10.5 Å². The summed E-state index contributed by atoms with van der Waals surface area (Å²) in [5.41, 5.74) is 6.96. The third-order valence-corrected chi connectivity index (χ3v) is 2.33. The highest BCUT2D eigenvalue weighted by Gasteiger charge is 2.13. The van der Waals surface area contributed by atoms with Gasteiger partial charge >= 0.3 is 0 Å². The fraction of sp³-hybridized carbons (Fsp3) is 0.300. The molecule has 0 aliphatic carbocycles. The van der Waals surface area contributed by atoms with Gasteiger partial charge in [-0.3, -0.25) is 0 Å². The van der Waals surface area contributed by atoms with Crippen molar-refractivity contribution in [2.45, 2.75) is 0 Å². The van der Waals surface area contributed by atoms with Crippen molar-refractivity contribution in [2.75, 3.05) is 31.9 Å². The highest BCUT2D eigenvalue weighted by atomic mass is 19.1. The van der Waals surface area contributed by atoms with Crippen LogP contribution in [0.5, 0.6) is 5.75 Å². The Morgan fingerprint density at radius 1 is 1.44 bits per heavy atom. The number of aromatic nitrogens is 2. The van der Waals surface area contributed by atoms with Gasteiger partial charge in [0.15, 0.2) is 11.6 Å². The first-order valence-corrected chi connectivity index (χ1v) is 4.73. The van der Waals surface area contributed by atoms with Gasteiger partial charge in [-0.15, -0.1) is 0 Å². The second kappa shape index (κ2) is 3.55. The third-order valence-electron chi connectivity index (χ3n) is 2.33. The zero-order valence-corrected chi connectivity index (χ0v) is 9.36. The number of methoxy groups -OCH3 is 1. The Labute approximate surface area is 92.2 Å². The number of fused-ring (bicyclic) bond motifs is 1. The van der Waals surface area contributed by atoms with Crippen molar-refractivity contribution in [3.05, 3.63) is 17.9 Å². The topological polar surface area (TPSA) is 56.3 Å². The molecule has 1 heterocycles. The van der Waals surface area contributed by atoms with Gasteiger partial charge in [0.2, 0.25) is 5.95 Å². The molecule has 6 heteroatoms. The van der Waals surface area contributed by atoms with Gasteiger partial charge in [0, 0.05) is 26.2 Å². The van der Waals surface area contributed by atoms with E-state index in [9.17, 15) is 4.39 Å². The van der Waals surface area contributed by atoms with E-state index in [1.807, 2.05) is 14.1 Å². The summed E-state index contributed by atoms with van der Waals surface area (Å²) >= 11 is 0. The van der Waals surface area contributed by atoms with E-state index >= 15 is 0 Å². The summed E-state index contributed by atoms with van der Waals surface area (Å²) in [5, 5.41) is 1.77. The van der Waals surface area contributed by atoms with Gasteiger partial charge in [0.1, 0.15) is 0 Å². The predicted molar refractivity (Wildman–Crippen MR) is 60.7 cm³/mol. The minimum Gasteiger partial charge on any atom is -0.494 e. The fourth-order valence-corrected chi connectivity index (χ4v) is 1.66. The van der Waals surface area contributed by atoms with Crippen molar-refractivity contribution >= 4 is 17.0 Å². The first-order chi connectivity index (χ1) is 7.54. The SMILES string of the molecule is COc1cc2c(cc1F)nc(N)n2N(C)C. The van der Waals surface area contributed by atoms with E-state index in [0.29, 0.717) is 17.0 Å². The highest BCUT2D eigenvalue weighted by molar-refractivity contribution is 5.80. The standard InChI is InChI=1S/C10H13FN4O/c1-14(2)15-8-5-9(16-3)6(11)4-7(8)13-10(15)12/h4-5H,1-3H3,(H2,12,13). The fourth-order valence-electron chi connectivity index (χ4n) is 1.66. The van der Waals surface area contributed by atoms with Crippen molar-refractivity contribution < 1.29 is 9.13 Å². The lowest BCUT2D eigenvalue weighted by atomic mass is 10.3. The number of nitrogen functional groups attached to an aromatic ring is 1. The molecule has 2 N–H and O–H groups in total. The van der Waals surface area contributed by atoms with Crippen LogP contribution in [0.4, 0.5) is 10.3 Å². The molecule has 2 rings (SSSR count). The maximum Gasteiger partial charge on any atom is 0.220 e. The molecule has 86 valence electrons. The molecule has 1 aromatic carbocycles. The predicted octanol–water partition coefficient (Wildman–Crippen LogP) is 0.964. The summed E-state index contributed by atoms with van der Waals surface area (Å²) in [4.78, 5) is 4.07. The summed E-state index contributed by atoms with van der Waals surface area (Å²) in [6, 6.07) is 2.89. The molecule has 0 spiro atoms. The number of halogens is 1. The molecule has 0 saturated carbocycles. The third kappa shape index (κ3) is 1.42. The highest BCUT2D eigenvalue weighted by Crippen LogP contribution is 2.25. The zero-order chi connectivity index (χ0) is 11.9.